The zero-order valence-electron chi connectivity index (χ0n) is 7.57. The van der Waals surface area contributed by atoms with Gasteiger partial charge in [0.1, 0.15) is 0 Å². The first kappa shape index (κ1) is 9.15. The van der Waals surface area contributed by atoms with E-state index in [-0.39, 0.29) is 5.97 Å². The van der Waals surface area contributed by atoms with Gasteiger partial charge in [0, 0.05) is 22.0 Å². The maximum absolute atomic E-state index is 11.2. The van der Waals surface area contributed by atoms with Crippen molar-refractivity contribution >= 4 is 29.5 Å². The van der Waals surface area contributed by atoms with E-state index in [1.165, 1.54) is 7.11 Å². The molecule has 0 saturated carbocycles. The highest BCUT2D eigenvalue weighted by Gasteiger charge is 2.07. The monoisotopic (exact) mass is 207 g/mol. The van der Waals surface area contributed by atoms with Gasteiger partial charge in [0.15, 0.2) is 0 Å². The van der Waals surface area contributed by atoms with Crippen molar-refractivity contribution in [2.24, 2.45) is 0 Å². The molecule has 0 fully saturated rings. The largest absolute Gasteiger partial charge is 0.465 e. The Hall–Kier alpha value is -1.42. The molecule has 0 aliphatic carbocycles. The maximum atomic E-state index is 11.2. The second kappa shape index (κ2) is 3.38. The minimum absolute atomic E-state index is 0.333. The minimum atomic E-state index is -0.333. The third kappa shape index (κ3) is 1.37. The molecule has 4 heteroatoms. The number of aromatic amines is 1. The number of carbonyl (C=O) groups excluding carboxylic acids is 1. The number of hydrogen-bond donors (Lipinski definition) is 2. The summed E-state index contributed by atoms with van der Waals surface area (Å²) in [6, 6.07) is 5.32. The first-order valence-electron chi connectivity index (χ1n) is 4.11. The van der Waals surface area contributed by atoms with E-state index in [1.807, 2.05) is 6.07 Å². The number of thiol groups is 1. The van der Waals surface area contributed by atoms with E-state index in [0.717, 1.165) is 15.8 Å². The smallest absolute Gasteiger partial charge is 0.337 e. The Kier molecular flexibility index (Phi) is 2.21. The topological polar surface area (TPSA) is 42.1 Å². The van der Waals surface area contributed by atoms with Crippen LogP contribution in [-0.2, 0) is 4.74 Å². The van der Waals surface area contributed by atoms with Crippen molar-refractivity contribution < 1.29 is 9.53 Å². The molecule has 14 heavy (non-hydrogen) atoms. The molecule has 0 unspecified atom stereocenters. The Morgan fingerprint density at radius 1 is 1.50 bits per heavy atom. The maximum Gasteiger partial charge on any atom is 0.337 e. The molecule has 3 nitrogen and oxygen atoms in total. The second-order valence-corrected chi connectivity index (χ2v) is 3.41. The lowest BCUT2D eigenvalue weighted by molar-refractivity contribution is 0.0601. The van der Waals surface area contributed by atoms with Crippen molar-refractivity contribution in [1.82, 2.24) is 4.98 Å². The van der Waals surface area contributed by atoms with Crippen molar-refractivity contribution in [3.63, 3.8) is 0 Å². The summed E-state index contributed by atoms with van der Waals surface area (Å²) in [5.41, 5.74) is 1.50. The fraction of sp³-hybridized carbons (Fsp3) is 0.100. The van der Waals surface area contributed by atoms with E-state index >= 15 is 0 Å². The molecule has 0 saturated heterocycles. The SMILES string of the molecule is COC(=O)c1ccc2[nH]cc(S)c2c1. The number of benzene rings is 1. The predicted octanol–water partition coefficient (Wildman–Crippen LogP) is 2.24. The van der Waals surface area contributed by atoms with Crippen molar-refractivity contribution in [3.05, 3.63) is 30.0 Å². The minimum Gasteiger partial charge on any atom is -0.465 e. The van der Waals surface area contributed by atoms with E-state index in [1.54, 1.807) is 18.3 Å². The van der Waals surface area contributed by atoms with Gasteiger partial charge in [-0.2, -0.15) is 0 Å². The van der Waals surface area contributed by atoms with E-state index in [4.69, 9.17) is 0 Å². The van der Waals surface area contributed by atoms with Crippen LogP contribution in [0.25, 0.3) is 10.9 Å². The summed E-state index contributed by atoms with van der Waals surface area (Å²) in [6.45, 7) is 0. The third-order valence-corrected chi connectivity index (χ3v) is 2.45. The number of ether oxygens (including phenoxy) is 1. The van der Waals surface area contributed by atoms with Gasteiger partial charge in [-0.3, -0.25) is 0 Å². The quantitative estimate of drug-likeness (QED) is 0.556. The zero-order valence-corrected chi connectivity index (χ0v) is 8.47. The Morgan fingerprint density at radius 3 is 3.00 bits per heavy atom. The average molecular weight is 207 g/mol. The van der Waals surface area contributed by atoms with Gasteiger partial charge in [0.2, 0.25) is 0 Å². The Bertz CT molecular complexity index is 490. The molecule has 1 aromatic carbocycles. The Balaban J connectivity index is 2.60. The molecular formula is C10H9NO2S. The number of esters is 1. The number of fused-ring (bicyclic) bond motifs is 1. The number of methoxy groups -OCH3 is 1. The molecule has 1 aromatic heterocycles. The van der Waals surface area contributed by atoms with E-state index in [2.05, 4.69) is 22.3 Å². The highest BCUT2D eigenvalue weighted by atomic mass is 32.1. The summed E-state index contributed by atoms with van der Waals surface area (Å²) in [4.78, 5) is 15.1. The van der Waals surface area contributed by atoms with Crippen LogP contribution in [0.4, 0.5) is 0 Å². The molecule has 0 aliphatic rings. The molecule has 0 amide bonds. The lowest BCUT2D eigenvalue weighted by atomic mass is 10.1. The van der Waals surface area contributed by atoms with Gasteiger partial charge in [-0.25, -0.2) is 4.79 Å². The van der Waals surface area contributed by atoms with Gasteiger partial charge in [0.05, 0.1) is 12.7 Å². The lowest BCUT2D eigenvalue weighted by Crippen LogP contribution is -2.00. The first-order chi connectivity index (χ1) is 6.72. The number of rotatable bonds is 1. The molecule has 0 atom stereocenters. The summed E-state index contributed by atoms with van der Waals surface area (Å²) >= 11 is 4.26. The predicted molar refractivity (Wildman–Crippen MR) is 56.9 cm³/mol. The van der Waals surface area contributed by atoms with Crippen molar-refractivity contribution in [2.45, 2.75) is 4.90 Å². The van der Waals surface area contributed by atoms with Crippen LogP contribution in [0.3, 0.4) is 0 Å². The number of carbonyl (C=O) groups is 1. The van der Waals surface area contributed by atoms with Crippen LogP contribution in [0.15, 0.2) is 29.3 Å². The fourth-order valence-electron chi connectivity index (χ4n) is 1.35. The summed E-state index contributed by atoms with van der Waals surface area (Å²) in [5.74, 6) is -0.333. The molecule has 1 N–H and O–H groups in total. The molecule has 1 heterocycles. The number of hydrogen-bond acceptors (Lipinski definition) is 3. The highest BCUT2D eigenvalue weighted by Crippen LogP contribution is 2.22. The molecule has 2 aromatic rings. The molecule has 72 valence electrons. The van der Waals surface area contributed by atoms with Gasteiger partial charge in [-0.05, 0) is 18.2 Å². The highest BCUT2D eigenvalue weighted by molar-refractivity contribution is 7.80. The van der Waals surface area contributed by atoms with Crippen LogP contribution in [0, 0.1) is 0 Å². The van der Waals surface area contributed by atoms with Crippen molar-refractivity contribution in [3.8, 4) is 0 Å². The van der Waals surface area contributed by atoms with E-state index in [9.17, 15) is 4.79 Å². The summed E-state index contributed by atoms with van der Waals surface area (Å²) in [7, 11) is 1.37. The van der Waals surface area contributed by atoms with Gasteiger partial charge >= 0.3 is 5.97 Å². The average Bonchev–Trinajstić information content (AvgIpc) is 2.59. The summed E-state index contributed by atoms with van der Waals surface area (Å²) in [6.07, 6.45) is 1.79. The van der Waals surface area contributed by atoms with E-state index < -0.39 is 0 Å². The summed E-state index contributed by atoms with van der Waals surface area (Å²) < 4.78 is 4.63. The summed E-state index contributed by atoms with van der Waals surface area (Å²) in [5, 5.41) is 0.927. The van der Waals surface area contributed by atoms with Gasteiger partial charge < -0.3 is 9.72 Å². The van der Waals surface area contributed by atoms with Gasteiger partial charge in [0.25, 0.3) is 0 Å². The van der Waals surface area contributed by atoms with Crippen molar-refractivity contribution in [1.29, 1.82) is 0 Å². The van der Waals surface area contributed by atoms with Crippen LogP contribution >= 0.6 is 12.6 Å². The van der Waals surface area contributed by atoms with Crippen molar-refractivity contribution in [2.75, 3.05) is 7.11 Å². The van der Waals surface area contributed by atoms with Crippen LogP contribution in [0.5, 0.6) is 0 Å². The normalized spacial score (nSPS) is 10.4. The number of aromatic nitrogens is 1. The fourth-order valence-corrected chi connectivity index (χ4v) is 1.60. The number of nitrogens with one attached hydrogen (secondary N) is 1. The third-order valence-electron chi connectivity index (χ3n) is 2.08. The van der Waals surface area contributed by atoms with Gasteiger partial charge in [-0.1, -0.05) is 0 Å². The van der Waals surface area contributed by atoms with Crippen LogP contribution in [0.2, 0.25) is 0 Å². The van der Waals surface area contributed by atoms with Crippen LogP contribution in [-0.4, -0.2) is 18.1 Å². The van der Waals surface area contributed by atoms with Crippen LogP contribution in [0.1, 0.15) is 10.4 Å². The number of H-pyrrole nitrogens is 1. The van der Waals surface area contributed by atoms with E-state index in [0.29, 0.717) is 5.56 Å². The second-order valence-electron chi connectivity index (χ2n) is 2.93. The first-order valence-corrected chi connectivity index (χ1v) is 4.55. The Labute approximate surface area is 86.5 Å². The zero-order chi connectivity index (χ0) is 10.1. The molecule has 0 aliphatic heterocycles. The molecular weight excluding hydrogens is 198 g/mol. The molecule has 0 radical (unpaired) electrons. The standard InChI is InChI=1S/C10H9NO2S/c1-13-10(12)6-2-3-8-7(4-6)9(14)5-11-8/h2-5,11,14H,1H3. The Morgan fingerprint density at radius 2 is 2.29 bits per heavy atom. The van der Waals surface area contributed by atoms with Crippen LogP contribution < -0.4 is 0 Å². The molecule has 2 rings (SSSR count). The molecule has 0 bridgehead atoms. The molecule has 0 spiro atoms. The van der Waals surface area contributed by atoms with Gasteiger partial charge in [-0.15, -0.1) is 12.6 Å². The lowest BCUT2D eigenvalue weighted by Gasteiger charge is -1.98.